The molecule has 1 saturated heterocycles. The molecule has 0 bridgehead atoms. The van der Waals surface area contributed by atoms with Crippen LogP contribution in [0.4, 0.5) is 11.4 Å². The van der Waals surface area contributed by atoms with Gasteiger partial charge in [-0.2, -0.15) is 0 Å². The first-order valence-electron chi connectivity index (χ1n) is 7.54. The molecule has 1 atom stereocenters. The molecule has 5 heteroatoms. The zero-order chi connectivity index (χ0) is 15.2. The van der Waals surface area contributed by atoms with E-state index in [1.807, 2.05) is 19.1 Å². The van der Waals surface area contributed by atoms with Crippen molar-refractivity contribution in [1.82, 2.24) is 5.32 Å². The van der Waals surface area contributed by atoms with Gasteiger partial charge in [-0.15, -0.1) is 0 Å². The summed E-state index contributed by atoms with van der Waals surface area (Å²) < 4.78 is 0. The Morgan fingerprint density at radius 2 is 2.24 bits per heavy atom. The van der Waals surface area contributed by atoms with Crippen molar-refractivity contribution in [1.29, 1.82) is 0 Å². The van der Waals surface area contributed by atoms with Gasteiger partial charge in [0.25, 0.3) is 0 Å². The molecule has 3 rings (SSSR count). The minimum absolute atomic E-state index is 0.00168. The first kappa shape index (κ1) is 14.7. The molecule has 0 aliphatic carbocycles. The average Bonchev–Trinajstić information content (AvgIpc) is 2.90. The predicted octanol–water partition coefficient (Wildman–Crippen LogP) is 3.18. The van der Waals surface area contributed by atoms with E-state index in [2.05, 4.69) is 29.4 Å². The molecule has 0 aromatic heterocycles. The van der Waals surface area contributed by atoms with Crippen LogP contribution in [0.3, 0.4) is 0 Å². The van der Waals surface area contributed by atoms with Gasteiger partial charge in [-0.1, -0.05) is 32.4 Å². The lowest BCUT2D eigenvalue weighted by atomic mass is 9.93. The molecular weight excluding hydrogens is 286 g/mol. The summed E-state index contributed by atoms with van der Waals surface area (Å²) in [5.74, 6) is 0.00168. The minimum Gasteiger partial charge on any atom is -0.370 e. The number of carbonyl (C=O) groups excluding carboxylic acids is 1. The highest BCUT2D eigenvalue weighted by Crippen LogP contribution is 2.41. The summed E-state index contributed by atoms with van der Waals surface area (Å²) in [5, 5.41) is 6.88. The lowest BCUT2D eigenvalue weighted by molar-refractivity contribution is -0.117. The van der Waals surface area contributed by atoms with Gasteiger partial charge in [0.2, 0.25) is 5.91 Å². The largest absolute Gasteiger partial charge is 0.370 e. The van der Waals surface area contributed by atoms with Gasteiger partial charge < -0.3 is 15.5 Å². The van der Waals surface area contributed by atoms with Crippen LogP contribution in [0, 0.1) is 5.41 Å². The van der Waals surface area contributed by atoms with Gasteiger partial charge in [-0.05, 0) is 30.5 Å². The summed E-state index contributed by atoms with van der Waals surface area (Å²) >= 11 is 6.49. The molecule has 21 heavy (non-hydrogen) atoms. The van der Waals surface area contributed by atoms with E-state index in [1.165, 1.54) is 0 Å². The number of nitrogens with one attached hydrogen (secondary N) is 2. The highest BCUT2D eigenvalue weighted by molar-refractivity contribution is 6.33. The van der Waals surface area contributed by atoms with Crippen molar-refractivity contribution in [2.75, 3.05) is 29.9 Å². The molecule has 2 aliphatic rings. The molecule has 4 nitrogen and oxygen atoms in total. The van der Waals surface area contributed by atoms with E-state index >= 15 is 0 Å². The Morgan fingerprint density at radius 3 is 2.86 bits per heavy atom. The Morgan fingerprint density at radius 1 is 1.48 bits per heavy atom. The molecule has 2 heterocycles. The van der Waals surface area contributed by atoms with Crippen molar-refractivity contribution < 1.29 is 4.79 Å². The maximum absolute atomic E-state index is 12.0. The zero-order valence-corrected chi connectivity index (χ0v) is 13.5. The summed E-state index contributed by atoms with van der Waals surface area (Å²) in [6.45, 7) is 9.30. The Balaban J connectivity index is 1.93. The maximum Gasteiger partial charge on any atom is 0.246 e. The number of halogens is 1. The number of rotatable bonds is 3. The van der Waals surface area contributed by atoms with Crippen LogP contribution in [0.1, 0.15) is 38.8 Å². The second-order valence-corrected chi connectivity index (χ2v) is 7.11. The van der Waals surface area contributed by atoms with Crippen LogP contribution in [-0.2, 0) is 4.79 Å². The van der Waals surface area contributed by atoms with Crippen LogP contribution in [-0.4, -0.2) is 25.5 Å². The summed E-state index contributed by atoms with van der Waals surface area (Å²) in [4.78, 5) is 14.4. The minimum atomic E-state index is -0.286. The maximum atomic E-state index is 12.0. The lowest BCUT2D eigenvalue weighted by Gasteiger charge is -2.23. The Kier molecular flexibility index (Phi) is 3.62. The normalized spacial score (nSPS) is 23.3. The first-order valence-corrected chi connectivity index (χ1v) is 7.92. The van der Waals surface area contributed by atoms with Crippen LogP contribution in [0.5, 0.6) is 0 Å². The van der Waals surface area contributed by atoms with Crippen LogP contribution in [0.2, 0.25) is 5.02 Å². The van der Waals surface area contributed by atoms with Gasteiger partial charge >= 0.3 is 0 Å². The van der Waals surface area contributed by atoms with Crippen LogP contribution in [0.15, 0.2) is 12.1 Å². The van der Waals surface area contributed by atoms with Crippen LogP contribution >= 0.6 is 11.6 Å². The third kappa shape index (κ3) is 2.62. The number of fused-ring (bicyclic) bond motifs is 1. The molecule has 2 aliphatic heterocycles. The summed E-state index contributed by atoms with van der Waals surface area (Å²) in [7, 11) is 0. The van der Waals surface area contributed by atoms with E-state index in [0.717, 1.165) is 48.0 Å². The number of hydrogen-bond acceptors (Lipinski definition) is 3. The molecule has 2 N–H and O–H groups in total. The highest BCUT2D eigenvalue weighted by Gasteiger charge is 2.34. The van der Waals surface area contributed by atoms with Crippen molar-refractivity contribution in [2.45, 2.75) is 33.2 Å². The average molecular weight is 308 g/mol. The predicted molar refractivity (Wildman–Crippen MR) is 87.1 cm³/mol. The highest BCUT2D eigenvalue weighted by atomic mass is 35.5. The van der Waals surface area contributed by atoms with E-state index in [-0.39, 0.29) is 11.9 Å². The smallest absolute Gasteiger partial charge is 0.246 e. The van der Waals surface area contributed by atoms with Crippen molar-refractivity contribution in [2.24, 2.45) is 5.41 Å². The second kappa shape index (κ2) is 5.18. The molecule has 1 amide bonds. The summed E-state index contributed by atoms with van der Waals surface area (Å²) in [5.41, 5.74) is 3.18. The van der Waals surface area contributed by atoms with E-state index < -0.39 is 0 Å². The molecule has 1 unspecified atom stereocenters. The van der Waals surface area contributed by atoms with Crippen LogP contribution < -0.4 is 15.5 Å². The number of anilines is 2. The SMILES string of the molecule is CCNC1C(=O)Nc2cc(N3CCC(C)(C)C3)c(Cl)cc21. The Bertz CT molecular complexity index is 585. The molecular formula is C16H22ClN3O. The fourth-order valence-electron chi connectivity index (χ4n) is 3.24. The van der Waals surface area contributed by atoms with E-state index in [9.17, 15) is 4.79 Å². The molecule has 1 aromatic carbocycles. The number of benzene rings is 1. The lowest BCUT2D eigenvalue weighted by Crippen LogP contribution is -2.27. The summed E-state index contributed by atoms with van der Waals surface area (Å²) in [6, 6.07) is 3.67. The fraction of sp³-hybridized carbons (Fsp3) is 0.562. The molecule has 0 spiro atoms. The molecule has 114 valence electrons. The van der Waals surface area contributed by atoms with E-state index in [1.54, 1.807) is 0 Å². The quantitative estimate of drug-likeness (QED) is 0.901. The van der Waals surface area contributed by atoms with Gasteiger partial charge in [0, 0.05) is 24.3 Å². The summed E-state index contributed by atoms with van der Waals surface area (Å²) in [6.07, 6.45) is 1.16. The Labute approximate surface area is 130 Å². The number of likely N-dealkylation sites (N-methyl/N-ethyl adjacent to an activating group) is 1. The third-order valence-corrected chi connectivity index (χ3v) is 4.68. The van der Waals surface area contributed by atoms with E-state index in [4.69, 9.17) is 11.6 Å². The third-order valence-electron chi connectivity index (χ3n) is 4.38. The van der Waals surface area contributed by atoms with Crippen molar-refractivity contribution in [3.63, 3.8) is 0 Å². The standard InChI is InChI=1S/C16H22ClN3O/c1-4-18-14-10-7-11(17)13(8-12(10)19-15(14)21)20-6-5-16(2,3)9-20/h7-8,14,18H,4-6,9H2,1-3H3,(H,19,21). The van der Waals surface area contributed by atoms with Gasteiger partial charge in [-0.3, -0.25) is 4.79 Å². The number of amides is 1. The number of hydrogen-bond donors (Lipinski definition) is 2. The van der Waals surface area contributed by atoms with Crippen molar-refractivity contribution in [3.8, 4) is 0 Å². The van der Waals surface area contributed by atoms with Gasteiger partial charge in [0.05, 0.1) is 10.7 Å². The van der Waals surface area contributed by atoms with Crippen molar-refractivity contribution >= 4 is 28.9 Å². The number of nitrogens with zero attached hydrogens (tertiary/aromatic N) is 1. The van der Waals surface area contributed by atoms with Gasteiger partial charge in [-0.25, -0.2) is 0 Å². The van der Waals surface area contributed by atoms with Crippen molar-refractivity contribution in [3.05, 3.63) is 22.7 Å². The van der Waals surface area contributed by atoms with Gasteiger partial charge in [0.1, 0.15) is 6.04 Å². The second-order valence-electron chi connectivity index (χ2n) is 6.71. The first-order chi connectivity index (χ1) is 9.91. The Hall–Kier alpha value is -1.26. The van der Waals surface area contributed by atoms with E-state index in [0.29, 0.717) is 5.41 Å². The molecule has 0 radical (unpaired) electrons. The topological polar surface area (TPSA) is 44.4 Å². The van der Waals surface area contributed by atoms with Crippen LogP contribution in [0.25, 0.3) is 0 Å². The fourth-order valence-corrected chi connectivity index (χ4v) is 3.53. The monoisotopic (exact) mass is 307 g/mol. The van der Waals surface area contributed by atoms with Gasteiger partial charge in [0.15, 0.2) is 0 Å². The molecule has 0 saturated carbocycles. The zero-order valence-electron chi connectivity index (χ0n) is 12.8. The number of carbonyl (C=O) groups is 1. The molecule has 1 fully saturated rings. The molecule has 1 aromatic rings.